The molecule has 2 atom stereocenters. The first kappa shape index (κ1) is 26.9. The van der Waals surface area contributed by atoms with E-state index in [1.807, 2.05) is 97.3 Å². The highest BCUT2D eigenvalue weighted by Crippen LogP contribution is 2.46. The average Bonchev–Trinajstić information content (AvgIpc) is 3.48. The van der Waals surface area contributed by atoms with Crippen molar-refractivity contribution in [1.82, 2.24) is 15.0 Å². The number of aromatic nitrogens is 3. The van der Waals surface area contributed by atoms with Gasteiger partial charge >= 0.3 is 0 Å². The summed E-state index contributed by atoms with van der Waals surface area (Å²) in [7, 11) is 0. The molecule has 47 heavy (non-hydrogen) atoms. The first-order chi connectivity index (χ1) is 23.3. The quantitative estimate of drug-likeness (QED) is 0.188. The Kier molecular flexibility index (Phi) is 6.22. The van der Waals surface area contributed by atoms with E-state index in [9.17, 15) is 5.26 Å². The summed E-state index contributed by atoms with van der Waals surface area (Å²) in [6.07, 6.45) is 6.07. The van der Waals surface area contributed by atoms with E-state index < -0.39 is 0 Å². The number of hydrogen-bond acceptors (Lipinski definition) is 6. The molecule has 220 valence electrons. The molecule has 5 heterocycles. The highest BCUT2D eigenvalue weighted by Gasteiger charge is 2.38. The third-order valence-corrected chi connectivity index (χ3v) is 9.14. The van der Waals surface area contributed by atoms with Crippen molar-refractivity contribution in [2.24, 2.45) is 4.99 Å². The van der Waals surface area contributed by atoms with Crippen LogP contribution in [0.4, 0.5) is 11.5 Å². The van der Waals surface area contributed by atoms with Gasteiger partial charge in [0, 0.05) is 40.4 Å². The fraction of sp³-hybridized carbons (Fsp3) is 0.0488. The molecule has 6 nitrogen and oxygen atoms in total. The molecule has 2 aliphatic heterocycles. The topological polar surface area (TPSA) is 78.1 Å². The highest BCUT2D eigenvalue weighted by molar-refractivity contribution is 6.15. The van der Waals surface area contributed by atoms with Gasteiger partial charge in [-0.15, -0.1) is 0 Å². The minimum Gasteiger partial charge on any atom is -0.317 e. The Morgan fingerprint density at radius 3 is 1.79 bits per heavy atom. The van der Waals surface area contributed by atoms with E-state index in [-0.39, 0.29) is 12.0 Å². The molecular formula is C41H26N6. The molecule has 4 aromatic carbocycles. The number of para-hydroxylation sites is 1. The zero-order valence-corrected chi connectivity index (χ0v) is 25.2. The molecule has 3 aromatic heterocycles. The molecule has 6 heteroatoms. The van der Waals surface area contributed by atoms with Crippen LogP contribution in [0.15, 0.2) is 145 Å². The van der Waals surface area contributed by atoms with E-state index in [2.05, 4.69) is 64.5 Å². The van der Waals surface area contributed by atoms with E-state index in [4.69, 9.17) is 15.0 Å². The number of aliphatic imine (C=N–C) groups is 1. The van der Waals surface area contributed by atoms with Gasteiger partial charge in [0.2, 0.25) is 0 Å². The van der Waals surface area contributed by atoms with Crippen LogP contribution >= 0.6 is 0 Å². The molecular weight excluding hydrogens is 576 g/mol. The Balaban J connectivity index is 1.13. The maximum Gasteiger partial charge on any atom is 0.134 e. The van der Waals surface area contributed by atoms with Crippen LogP contribution in [0, 0.1) is 11.3 Å². The summed E-state index contributed by atoms with van der Waals surface area (Å²) >= 11 is 0. The van der Waals surface area contributed by atoms with Crippen molar-refractivity contribution in [2.75, 3.05) is 4.90 Å². The Hall–Kier alpha value is -6.45. The second-order valence-corrected chi connectivity index (χ2v) is 11.7. The summed E-state index contributed by atoms with van der Waals surface area (Å²) in [5.74, 6) is 1.09. The molecule has 0 saturated heterocycles. The molecule has 0 radical (unpaired) electrons. The van der Waals surface area contributed by atoms with Gasteiger partial charge in [0.25, 0.3) is 0 Å². The molecule has 7 aromatic rings. The van der Waals surface area contributed by atoms with Gasteiger partial charge < -0.3 is 4.90 Å². The van der Waals surface area contributed by atoms with Crippen molar-refractivity contribution >= 4 is 39.3 Å². The minimum absolute atomic E-state index is 0.0702. The summed E-state index contributed by atoms with van der Waals surface area (Å²) in [6, 6.07) is 45.3. The van der Waals surface area contributed by atoms with Gasteiger partial charge in [-0.3, -0.25) is 4.99 Å². The van der Waals surface area contributed by atoms with Gasteiger partial charge in [-0.1, -0.05) is 91.0 Å². The van der Waals surface area contributed by atoms with E-state index in [0.29, 0.717) is 5.56 Å². The number of benzene rings is 4. The first-order valence-corrected chi connectivity index (χ1v) is 15.6. The largest absolute Gasteiger partial charge is 0.317 e. The predicted molar refractivity (Wildman–Crippen MR) is 189 cm³/mol. The Morgan fingerprint density at radius 1 is 0.553 bits per heavy atom. The maximum absolute atomic E-state index is 10.1. The van der Waals surface area contributed by atoms with E-state index >= 15 is 0 Å². The normalized spacial score (nSPS) is 16.3. The lowest BCUT2D eigenvalue weighted by Gasteiger charge is -2.27. The van der Waals surface area contributed by atoms with Crippen LogP contribution in [0.1, 0.15) is 17.0 Å². The standard InChI is InChI=1S/C41H26N6/c42-24-32-26-10-1-3-13-30(26)41(31-14-4-2-11-27(31)32)37-19-8-17-34(45-37)33-15-7-16-35(44-33)36-18-9-21-40(46-36)47-38-20-6-5-12-28(38)29-22-23-43-25-39(29)47/h1-23,25,29,39H. The molecule has 0 bridgehead atoms. The van der Waals surface area contributed by atoms with Gasteiger partial charge in [0.15, 0.2) is 0 Å². The molecule has 0 spiro atoms. The fourth-order valence-electron chi connectivity index (χ4n) is 7.09. The zero-order chi connectivity index (χ0) is 31.3. The Morgan fingerprint density at radius 2 is 1.11 bits per heavy atom. The molecule has 2 unspecified atom stereocenters. The monoisotopic (exact) mass is 602 g/mol. The summed E-state index contributed by atoms with van der Waals surface area (Å²) in [6.45, 7) is 0. The minimum atomic E-state index is 0.0702. The lowest BCUT2D eigenvalue weighted by molar-refractivity contribution is 0.780. The Bertz CT molecular complexity index is 2420. The predicted octanol–water partition coefficient (Wildman–Crippen LogP) is 9.25. The molecule has 0 fully saturated rings. The number of nitrogens with zero attached hydrogens (tertiary/aromatic N) is 6. The smallest absolute Gasteiger partial charge is 0.134 e. The molecule has 0 aliphatic carbocycles. The zero-order valence-electron chi connectivity index (χ0n) is 25.2. The molecule has 9 rings (SSSR count). The number of rotatable bonds is 4. The second-order valence-electron chi connectivity index (χ2n) is 11.7. The van der Waals surface area contributed by atoms with Gasteiger partial charge in [0.05, 0.1) is 40.1 Å². The van der Waals surface area contributed by atoms with Gasteiger partial charge in [-0.2, -0.15) is 5.26 Å². The van der Waals surface area contributed by atoms with Gasteiger partial charge in [0.1, 0.15) is 11.9 Å². The van der Waals surface area contributed by atoms with Crippen molar-refractivity contribution in [3.63, 3.8) is 0 Å². The lowest BCUT2D eigenvalue weighted by atomic mass is 9.90. The van der Waals surface area contributed by atoms with Crippen LogP contribution in [-0.4, -0.2) is 27.2 Å². The number of fused-ring (bicyclic) bond motifs is 5. The lowest BCUT2D eigenvalue weighted by Crippen LogP contribution is -2.32. The van der Waals surface area contributed by atoms with E-state index in [1.54, 1.807) is 0 Å². The van der Waals surface area contributed by atoms with Gasteiger partial charge in [-0.05, 0) is 58.8 Å². The van der Waals surface area contributed by atoms with E-state index in [0.717, 1.165) is 67.1 Å². The SMILES string of the molecule is N#Cc1c2ccccc2c(-c2cccc(-c3cccc(-c4cccc(N5c6ccccc6C6C=CN=CC65)n4)n3)n2)c2ccccc12. The van der Waals surface area contributed by atoms with Crippen LogP contribution in [0.2, 0.25) is 0 Å². The maximum atomic E-state index is 10.1. The summed E-state index contributed by atoms with van der Waals surface area (Å²) in [5.41, 5.74) is 8.03. The number of pyridine rings is 3. The third-order valence-electron chi connectivity index (χ3n) is 9.14. The summed E-state index contributed by atoms with van der Waals surface area (Å²) < 4.78 is 0. The van der Waals surface area contributed by atoms with Crippen molar-refractivity contribution in [3.05, 3.63) is 151 Å². The first-order valence-electron chi connectivity index (χ1n) is 15.6. The number of hydrogen-bond donors (Lipinski definition) is 0. The highest BCUT2D eigenvalue weighted by atomic mass is 15.2. The van der Waals surface area contributed by atoms with Crippen molar-refractivity contribution < 1.29 is 0 Å². The summed E-state index contributed by atoms with van der Waals surface area (Å²) in [5, 5.41) is 13.9. The van der Waals surface area contributed by atoms with Gasteiger partial charge in [-0.25, -0.2) is 15.0 Å². The number of anilines is 2. The molecule has 0 N–H and O–H groups in total. The van der Waals surface area contributed by atoms with Crippen LogP contribution in [0.5, 0.6) is 0 Å². The van der Waals surface area contributed by atoms with Crippen LogP contribution < -0.4 is 4.90 Å². The molecule has 2 aliphatic rings. The van der Waals surface area contributed by atoms with Crippen LogP contribution in [0.25, 0.3) is 55.6 Å². The Labute approximate surface area is 271 Å². The molecule has 0 amide bonds. The summed E-state index contributed by atoms with van der Waals surface area (Å²) in [4.78, 5) is 22.1. The van der Waals surface area contributed by atoms with Crippen molar-refractivity contribution in [2.45, 2.75) is 12.0 Å². The van der Waals surface area contributed by atoms with Crippen LogP contribution in [0.3, 0.4) is 0 Å². The second kappa shape index (κ2) is 10.9. The molecule has 0 saturated carbocycles. The fourth-order valence-corrected chi connectivity index (χ4v) is 7.09. The van der Waals surface area contributed by atoms with Crippen molar-refractivity contribution in [1.29, 1.82) is 5.26 Å². The van der Waals surface area contributed by atoms with Crippen molar-refractivity contribution in [3.8, 4) is 40.1 Å². The third kappa shape index (κ3) is 4.33. The van der Waals surface area contributed by atoms with E-state index in [1.165, 1.54) is 5.56 Å². The van der Waals surface area contributed by atoms with Crippen LogP contribution in [-0.2, 0) is 0 Å². The average molecular weight is 603 g/mol. The number of nitriles is 1.